The van der Waals surface area contributed by atoms with Gasteiger partial charge in [-0.1, -0.05) is 45.0 Å². The van der Waals surface area contributed by atoms with Crippen LogP contribution in [0.1, 0.15) is 51.2 Å². The van der Waals surface area contributed by atoms with Gasteiger partial charge in [0.25, 0.3) is 0 Å². The molecule has 0 aliphatic carbocycles. The van der Waals surface area contributed by atoms with Gasteiger partial charge in [0.05, 0.1) is 19.8 Å². The van der Waals surface area contributed by atoms with Crippen molar-refractivity contribution in [2.24, 2.45) is 0 Å². The molecule has 1 atom stereocenters. The number of hydrogen-bond acceptors (Lipinski definition) is 3. The maximum absolute atomic E-state index is 5.70. The van der Waals surface area contributed by atoms with Crippen LogP contribution in [0.3, 0.4) is 0 Å². The van der Waals surface area contributed by atoms with Crippen molar-refractivity contribution in [3.8, 4) is 0 Å². The quantitative estimate of drug-likeness (QED) is 0.740. The Kier molecular flexibility index (Phi) is 6.22. The summed E-state index contributed by atoms with van der Waals surface area (Å²) in [6, 6.07) is 8.62. The monoisotopic (exact) mass is 292 g/mol. The lowest BCUT2D eigenvalue weighted by atomic mass is 9.86. The summed E-state index contributed by atoms with van der Waals surface area (Å²) in [6.07, 6.45) is 3.34. The lowest BCUT2D eigenvalue weighted by Gasteiger charge is -2.22. The van der Waals surface area contributed by atoms with Gasteiger partial charge >= 0.3 is 0 Å². The highest BCUT2D eigenvalue weighted by atomic mass is 16.7. The van der Waals surface area contributed by atoms with Crippen molar-refractivity contribution in [3.63, 3.8) is 0 Å². The largest absolute Gasteiger partial charge is 0.374 e. The van der Waals surface area contributed by atoms with E-state index in [2.05, 4.69) is 45.0 Å². The summed E-state index contributed by atoms with van der Waals surface area (Å²) in [7, 11) is 0. The maximum Gasteiger partial charge on any atom is 0.157 e. The standard InChI is InChI=1S/C18H28O3/c1-18(2,3)16-8-6-7-15(13-16)14-19-11-12-21-17-9-4-5-10-20-17/h6-8,13,17H,4-5,9-12,14H2,1-3H3. The summed E-state index contributed by atoms with van der Waals surface area (Å²) in [5.74, 6) is 0. The lowest BCUT2D eigenvalue weighted by Crippen LogP contribution is -2.23. The fourth-order valence-electron chi connectivity index (χ4n) is 2.40. The van der Waals surface area contributed by atoms with E-state index in [0.29, 0.717) is 19.8 Å². The van der Waals surface area contributed by atoms with Gasteiger partial charge < -0.3 is 14.2 Å². The molecule has 1 heterocycles. The zero-order valence-electron chi connectivity index (χ0n) is 13.6. The van der Waals surface area contributed by atoms with E-state index in [1.807, 2.05) is 0 Å². The van der Waals surface area contributed by atoms with Gasteiger partial charge in [-0.25, -0.2) is 0 Å². The first-order valence-electron chi connectivity index (χ1n) is 7.96. The summed E-state index contributed by atoms with van der Waals surface area (Å²) in [4.78, 5) is 0. The molecule has 118 valence electrons. The molecule has 0 saturated carbocycles. The molecular weight excluding hydrogens is 264 g/mol. The number of hydrogen-bond donors (Lipinski definition) is 0. The summed E-state index contributed by atoms with van der Waals surface area (Å²) in [6.45, 7) is 9.36. The first kappa shape index (κ1) is 16.5. The first-order chi connectivity index (χ1) is 10.1. The molecule has 0 spiro atoms. The second-order valence-electron chi connectivity index (χ2n) is 6.67. The first-order valence-corrected chi connectivity index (χ1v) is 7.96. The SMILES string of the molecule is CC(C)(C)c1cccc(COCCOC2CCCCO2)c1. The van der Waals surface area contributed by atoms with Crippen LogP contribution in [0.4, 0.5) is 0 Å². The predicted molar refractivity (Wildman–Crippen MR) is 84.3 cm³/mol. The molecule has 0 aromatic heterocycles. The number of benzene rings is 1. The molecule has 0 radical (unpaired) electrons. The molecule has 21 heavy (non-hydrogen) atoms. The molecule has 2 rings (SSSR count). The molecule has 1 saturated heterocycles. The van der Waals surface area contributed by atoms with Gasteiger partial charge in [-0.2, -0.15) is 0 Å². The Morgan fingerprint density at radius 3 is 2.76 bits per heavy atom. The van der Waals surface area contributed by atoms with Crippen LogP contribution in [0, 0.1) is 0 Å². The van der Waals surface area contributed by atoms with Crippen molar-refractivity contribution in [1.82, 2.24) is 0 Å². The summed E-state index contributed by atoms with van der Waals surface area (Å²) < 4.78 is 16.9. The molecule has 3 heteroatoms. The van der Waals surface area contributed by atoms with Crippen LogP contribution in [0.5, 0.6) is 0 Å². The second-order valence-corrected chi connectivity index (χ2v) is 6.67. The van der Waals surface area contributed by atoms with Crippen molar-refractivity contribution in [2.75, 3.05) is 19.8 Å². The van der Waals surface area contributed by atoms with Crippen LogP contribution in [-0.4, -0.2) is 26.1 Å². The molecular formula is C18H28O3. The minimum atomic E-state index is -0.0217. The van der Waals surface area contributed by atoms with Crippen LogP contribution in [0.2, 0.25) is 0 Å². The van der Waals surface area contributed by atoms with E-state index in [-0.39, 0.29) is 11.7 Å². The van der Waals surface area contributed by atoms with Crippen molar-refractivity contribution in [2.45, 2.75) is 58.3 Å². The third-order valence-electron chi connectivity index (χ3n) is 3.73. The van der Waals surface area contributed by atoms with Crippen LogP contribution in [0.25, 0.3) is 0 Å². The summed E-state index contributed by atoms with van der Waals surface area (Å²) >= 11 is 0. The Morgan fingerprint density at radius 1 is 1.19 bits per heavy atom. The highest BCUT2D eigenvalue weighted by molar-refractivity contribution is 5.28. The van der Waals surface area contributed by atoms with Gasteiger partial charge in [0, 0.05) is 6.61 Å². The lowest BCUT2D eigenvalue weighted by molar-refractivity contribution is -0.169. The number of rotatable bonds is 6. The van der Waals surface area contributed by atoms with Gasteiger partial charge in [0.2, 0.25) is 0 Å². The van der Waals surface area contributed by atoms with Gasteiger partial charge in [0.15, 0.2) is 6.29 Å². The van der Waals surface area contributed by atoms with E-state index >= 15 is 0 Å². The van der Waals surface area contributed by atoms with Crippen LogP contribution >= 0.6 is 0 Å². The van der Waals surface area contributed by atoms with E-state index in [1.54, 1.807) is 0 Å². The minimum absolute atomic E-state index is 0.0217. The average molecular weight is 292 g/mol. The molecule has 1 aromatic carbocycles. The third-order valence-corrected chi connectivity index (χ3v) is 3.73. The molecule has 1 aliphatic heterocycles. The van der Waals surface area contributed by atoms with E-state index < -0.39 is 0 Å². The van der Waals surface area contributed by atoms with E-state index in [0.717, 1.165) is 19.4 Å². The fraction of sp³-hybridized carbons (Fsp3) is 0.667. The Morgan fingerprint density at radius 2 is 2.05 bits per heavy atom. The molecule has 1 aromatic rings. The van der Waals surface area contributed by atoms with Crippen molar-refractivity contribution in [3.05, 3.63) is 35.4 Å². The van der Waals surface area contributed by atoms with Gasteiger partial charge in [-0.15, -0.1) is 0 Å². The highest BCUT2D eigenvalue weighted by Gasteiger charge is 2.14. The van der Waals surface area contributed by atoms with Crippen molar-refractivity contribution >= 4 is 0 Å². The highest BCUT2D eigenvalue weighted by Crippen LogP contribution is 2.23. The molecule has 0 amide bonds. The summed E-state index contributed by atoms with van der Waals surface area (Å²) in [5, 5.41) is 0. The normalized spacial score (nSPS) is 19.7. The van der Waals surface area contributed by atoms with Crippen LogP contribution in [0.15, 0.2) is 24.3 Å². The predicted octanol–water partition coefficient (Wildman–Crippen LogP) is 4.04. The zero-order chi connectivity index (χ0) is 15.1. The maximum atomic E-state index is 5.70. The number of ether oxygens (including phenoxy) is 3. The van der Waals surface area contributed by atoms with Crippen molar-refractivity contribution < 1.29 is 14.2 Å². The average Bonchev–Trinajstić information content (AvgIpc) is 2.47. The molecule has 0 N–H and O–H groups in total. The zero-order valence-corrected chi connectivity index (χ0v) is 13.6. The molecule has 1 aliphatic rings. The molecule has 1 unspecified atom stereocenters. The van der Waals surface area contributed by atoms with Crippen LogP contribution in [-0.2, 0) is 26.2 Å². The third kappa shape index (κ3) is 5.77. The summed E-state index contributed by atoms with van der Waals surface area (Å²) in [5.41, 5.74) is 2.74. The second kappa shape index (κ2) is 7.92. The van der Waals surface area contributed by atoms with Crippen LogP contribution < -0.4 is 0 Å². The fourth-order valence-corrected chi connectivity index (χ4v) is 2.40. The Labute approximate surface area is 128 Å². The molecule has 3 nitrogen and oxygen atoms in total. The Balaban J connectivity index is 1.66. The molecule has 0 bridgehead atoms. The Hall–Kier alpha value is -0.900. The topological polar surface area (TPSA) is 27.7 Å². The smallest absolute Gasteiger partial charge is 0.157 e. The van der Waals surface area contributed by atoms with E-state index in [4.69, 9.17) is 14.2 Å². The van der Waals surface area contributed by atoms with E-state index in [9.17, 15) is 0 Å². The van der Waals surface area contributed by atoms with Crippen molar-refractivity contribution in [1.29, 1.82) is 0 Å². The molecule has 1 fully saturated rings. The Bertz CT molecular complexity index is 417. The minimum Gasteiger partial charge on any atom is -0.374 e. The van der Waals surface area contributed by atoms with Gasteiger partial charge in [-0.05, 0) is 35.8 Å². The van der Waals surface area contributed by atoms with Gasteiger partial charge in [-0.3, -0.25) is 0 Å². The van der Waals surface area contributed by atoms with E-state index in [1.165, 1.54) is 17.5 Å². The van der Waals surface area contributed by atoms with Gasteiger partial charge in [0.1, 0.15) is 0 Å².